The molecule has 0 spiro atoms. The van der Waals surface area contributed by atoms with Gasteiger partial charge in [-0.05, 0) is 31.2 Å². The maximum atomic E-state index is 14.5. The van der Waals surface area contributed by atoms with E-state index in [1.54, 1.807) is 42.8 Å². The summed E-state index contributed by atoms with van der Waals surface area (Å²) in [6.45, 7) is 2.20. The molecular weight excluding hydrogens is 425 g/mol. The summed E-state index contributed by atoms with van der Waals surface area (Å²) in [6.07, 6.45) is 0. The minimum atomic E-state index is -1.70. The smallest absolute Gasteiger partial charge is 0.238 e. The van der Waals surface area contributed by atoms with E-state index in [1.165, 1.54) is 6.07 Å². The van der Waals surface area contributed by atoms with Gasteiger partial charge in [0.25, 0.3) is 0 Å². The van der Waals surface area contributed by atoms with Crippen LogP contribution in [0.1, 0.15) is 18.1 Å². The Hall–Kier alpha value is -1.48. The van der Waals surface area contributed by atoms with Crippen LogP contribution in [-0.2, 0) is 27.5 Å². The first-order chi connectivity index (χ1) is 12.4. The van der Waals surface area contributed by atoms with Gasteiger partial charge in [0.2, 0.25) is 11.3 Å². The van der Waals surface area contributed by atoms with Crippen LogP contribution in [0.4, 0.5) is 4.39 Å². The fourth-order valence-electron chi connectivity index (χ4n) is 2.95. The molecule has 140 valence electrons. The molecule has 0 N–H and O–H groups in total. The second-order valence-corrected chi connectivity index (χ2v) is 8.12. The lowest BCUT2D eigenvalue weighted by molar-refractivity contribution is 0.192. The van der Waals surface area contributed by atoms with Crippen LogP contribution in [0.2, 0.25) is 0 Å². The lowest BCUT2D eigenvalue weighted by atomic mass is 9.92. The molecule has 0 saturated carbocycles. The third kappa shape index (κ3) is 3.51. The van der Waals surface area contributed by atoms with Gasteiger partial charge in [0.15, 0.2) is 0 Å². The molecule has 0 radical (unpaired) electrons. The molecule has 2 atom stereocenters. The standard InChI is InChI=1S/C18H19BrFNO4S/c1-18(15-8-13(19)5-7-16(15)20)11-25-26(22)21(18)10-12-4-6-14(23-2)9-17(12)24-3/h4-9H,10-11H2,1-3H3/t18-,26?/m0/s1. The number of rotatable bonds is 5. The van der Waals surface area contributed by atoms with E-state index in [2.05, 4.69) is 15.9 Å². The van der Waals surface area contributed by atoms with Gasteiger partial charge in [-0.15, -0.1) is 0 Å². The van der Waals surface area contributed by atoms with E-state index in [0.717, 1.165) is 10.0 Å². The van der Waals surface area contributed by atoms with Gasteiger partial charge >= 0.3 is 0 Å². The Morgan fingerprint density at radius 3 is 2.73 bits per heavy atom. The summed E-state index contributed by atoms with van der Waals surface area (Å²) in [5, 5.41) is 0. The molecule has 0 aromatic heterocycles. The number of ether oxygens (including phenoxy) is 2. The van der Waals surface area contributed by atoms with E-state index in [4.69, 9.17) is 13.7 Å². The first-order valence-electron chi connectivity index (χ1n) is 7.88. The summed E-state index contributed by atoms with van der Waals surface area (Å²) in [4.78, 5) is 0. The average molecular weight is 444 g/mol. The number of halogens is 2. The summed E-state index contributed by atoms with van der Waals surface area (Å²) >= 11 is 1.67. The van der Waals surface area contributed by atoms with Crippen LogP contribution < -0.4 is 9.47 Å². The highest BCUT2D eigenvalue weighted by Gasteiger charge is 2.46. The predicted molar refractivity (Wildman–Crippen MR) is 101 cm³/mol. The van der Waals surface area contributed by atoms with Crippen molar-refractivity contribution in [3.05, 3.63) is 57.8 Å². The topological polar surface area (TPSA) is 48.0 Å². The van der Waals surface area contributed by atoms with Gasteiger partial charge in [0, 0.05) is 28.2 Å². The summed E-state index contributed by atoms with van der Waals surface area (Å²) in [5.41, 5.74) is 0.336. The number of nitrogens with zero attached hydrogens (tertiary/aromatic N) is 1. The average Bonchev–Trinajstić information content (AvgIpc) is 2.93. The second kappa shape index (κ2) is 7.64. The molecule has 0 aliphatic carbocycles. The van der Waals surface area contributed by atoms with Gasteiger partial charge < -0.3 is 9.47 Å². The molecule has 1 unspecified atom stereocenters. The minimum absolute atomic E-state index is 0.117. The lowest BCUT2D eigenvalue weighted by Crippen LogP contribution is -2.41. The first kappa shape index (κ1) is 19.3. The molecule has 2 aromatic rings. The normalized spacial score (nSPS) is 23.2. The molecule has 1 fully saturated rings. The number of hydrogen-bond donors (Lipinski definition) is 0. The quantitative estimate of drug-likeness (QED) is 0.702. The summed E-state index contributed by atoms with van der Waals surface area (Å²) < 4.78 is 45.4. The highest BCUT2D eigenvalue weighted by molar-refractivity contribution is 9.10. The van der Waals surface area contributed by atoms with E-state index in [1.807, 2.05) is 13.0 Å². The van der Waals surface area contributed by atoms with Crippen LogP contribution in [0.3, 0.4) is 0 Å². The van der Waals surface area contributed by atoms with Crippen LogP contribution in [-0.4, -0.2) is 29.3 Å². The van der Waals surface area contributed by atoms with E-state index >= 15 is 0 Å². The Bertz CT molecular complexity index is 850. The number of methoxy groups -OCH3 is 2. The van der Waals surface area contributed by atoms with Crippen molar-refractivity contribution >= 4 is 27.2 Å². The number of hydrogen-bond acceptors (Lipinski definition) is 4. The maximum Gasteiger partial charge on any atom is 0.238 e. The predicted octanol–water partition coefficient (Wildman–Crippen LogP) is 3.93. The van der Waals surface area contributed by atoms with Crippen LogP contribution >= 0.6 is 15.9 Å². The highest BCUT2D eigenvalue weighted by atomic mass is 79.9. The molecule has 2 aromatic carbocycles. The molecule has 0 amide bonds. The van der Waals surface area contributed by atoms with E-state index in [0.29, 0.717) is 17.1 Å². The van der Waals surface area contributed by atoms with Crippen molar-refractivity contribution in [2.45, 2.75) is 19.0 Å². The molecule has 1 aliphatic heterocycles. The third-order valence-electron chi connectivity index (χ3n) is 4.49. The minimum Gasteiger partial charge on any atom is -0.497 e. The van der Waals surface area contributed by atoms with E-state index in [9.17, 15) is 8.60 Å². The summed E-state index contributed by atoms with van der Waals surface area (Å²) in [7, 11) is 3.13. The summed E-state index contributed by atoms with van der Waals surface area (Å²) in [5.74, 6) is 0.889. The zero-order valence-corrected chi connectivity index (χ0v) is 17.0. The van der Waals surface area contributed by atoms with Gasteiger partial charge in [-0.3, -0.25) is 4.18 Å². The molecule has 1 aliphatic rings. The van der Waals surface area contributed by atoms with Gasteiger partial charge in [-0.2, -0.15) is 4.31 Å². The van der Waals surface area contributed by atoms with Crippen molar-refractivity contribution in [3.63, 3.8) is 0 Å². The van der Waals surface area contributed by atoms with Crippen molar-refractivity contribution in [1.29, 1.82) is 0 Å². The third-order valence-corrected chi connectivity index (χ3v) is 6.19. The molecular formula is C18H19BrFNO4S. The molecule has 5 nitrogen and oxygen atoms in total. The molecule has 1 saturated heterocycles. The van der Waals surface area contributed by atoms with Crippen LogP contribution in [0.15, 0.2) is 40.9 Å². The molecule has 3 rings (SSSR count). The Kier molecular flexibility index (Phi) is 5.67. The Balaban J connectivity index is 2.00. The van der Waals surface area contributed by atoms with Gasteiger partial charge in [0.05, 0.1) is 26.4 Å². The van der Waals surface area contributed by atoms with Crippen molar-refractivity contribution in [3.8, 4) is 11.5 Å². The monoisotopic (exact) mass is 443 g/mol. The molecule has 1 heterocycles. The Labute approximate surface area is 163 Å². The largest absolute Gasteiger partial charge is 0.497 e. The van der Waals surface area contributed by atoms with Crippen LogP contribution in [0.25, 0.3) is 0 Å². The van der Waals surface area contributed by atoms with Crippen molar-refractivity contribution < 1.29 is 22.3 Å². The SMILES string of the molecule is COc1ccc(CN2S(=O)OC[C@@]2(C)c2cc(Br)ccc2F)c(OC)c1. The fraction of sp³-hybridized carbons (Fsp3) is 0.333. The lowest BCUT2D eigenvalue weighted by Gasteiger charge is -2.32. The van der Waals surface area contributed by atoms with Crippen molar-refractivity contribution in [2.75, 3.05) is 20.8 Å². The van der Waals surface area contributed by atoms with Crippen LogP contribution in [0, 0.1) is 5.82 Å². The molecule has 8 heteroatoms. The van der Waals surface area contributed by atoms with Crippen molar-refractivity contribution in [2.24, 2.45) is 0 Å². The fourth-order valence-corrected chi connectivity index (χ4v) is 4.50. The second-order valence-electron chi connectivity index (χ2n) is 6.09. The summed E-state index contributed by atoms with van der Waals surface area (Å²) in [6, 6.07) is 10.1. The first-order valence-corrected chi connectivity index (χ1v) is 9.71. The Morgan fingerprint density at radius 2 is 2.04 bits per heavy atom. The van der Waals surface area contributed by atoms with Gasteiger partial charge in [-0.1, -0.05) is 22.0 Å². The van der Waals surface area contributed by atoms with Crippen LogP contribution in [0.5, 0.6) is 11.5 Å². The maximum absolute atomic E-state index is 14.5. The Morgan fingerprint density at radius 1 is 1.27 bits per heavy atom. The van der Waals surface area contributed by atoms with Gasteiger partial charge in [-0.25, -0.2) is 8.60 Å². The van der Waals surface area contributed by atoms with E-state index < -0.39 is 16.8 Å². The zero-order valence-electron chi connectivity index (χ0n) is 14.6. The number of benzene rings is 2. The van der Waals surface area contributed by atoms with Crippen molar-refractivity contribution in [1.82, 2.24) is 4.31 Å². The highest BCUT2D eigenvalue weighted by Crippen LogP contribution is 2.40. The van der Waals surface area contributed by atoms with Gasteiger partial charge in [0.1, 0.15) is 17.3 Å². The zero-order chi connectivity index (χ0) is 18.9. The molecule has 26 heavy (non-hydrogen) atoms. The molecule has 0 bridgehead atoms. The van der Waals surface area contributed by atoms with E-state index in [-0.39, 0.29) is 19.0 Å².